The summed E-state index contributed by atoms with van der Waals surface area (Å²) >= 11 is 0. The predicted molar refractivity (Wildman–Crippen MR) is 224 cm³/mol. The Kier molecular flexibility index (Phi) is 35.7. The van der Waals surface area contributed by atoms with Gasteiger partial charge in [0.05, 0.1) is 13.2 Å². The molecule has 1 aliphatic heterocycles. The highest BCUT2D eigenvalue weighted by molar-refractivity contribution is 5.70. The van der Waals surface area contributed by atoms with Gasteiger partial charge in [0.2, 0.25) is 0 Å². The summed E-state index contributed by atoms with van der Waals surface area (Å²) in [5, 5.41) is 40.1. The van der Waals surface area contributed by atoms with Crippen molar-refractivity contribution in [2.45, 2.75) is 263 Å². The molecule has 0 radical (unpaired) electrons. The molecule has 0 aromatic rings. The standard InChI is InChI=1S/C46H88O10/c1-3-5-7-9-11-13-15-17-19-21-23-25-27-29-31-33-35-42(49)55-39(38-54-46-45(52)44(51)43(50)40(36-47)56-46)37-53-41(48)34-32-30-28-26-24-22-20-18-16-14-12-10-8-6-4-2/h39-40,43-47,50-52H,3-38H2,1-2H3. The van der Waals surface area contributed by atoms with Crippen molar-refractivity contribution in [3.8, 4) is 0 Å². The maximum atomic E-state index is 12.8. The molecule has 0 amide bonds. The normalized spacial score (nSPS) is 20.3. The van der Waals surface area contributed by atoms with Gasteiger partial charge in [0.1, 0.15) is 31.0 Å². The summed E-state index contributed by atoms with van der Waals surface area (Å²) in [6, 6.07) is 0. The van der Waals surface area contributed by atoms with Crippen LogP contribution in [0.4, 0.5) is 0 Å². The number of ether oxygens (including phenoxy) is 4. The molecule has 4 N–H and O–H groups in total. The highest BCUT2D eigenvalue weighted by Gasteiger charge is 2.44. The van der Waals surface area contributed by atoms with Gasteiger partial charge < -0.3 is 39.4 Å². The van der Waals surface area contributed by atoms with Crippen molar-refractivity contribution in [1.82, 2.24) is 0 Å². The van der Waals surface area contributed by atoms with Gasteiger partial charge in [-0.1, -0.05) is 200 Å². The van der Waals surface area contributed by atoms with E-state index < -0.39 is 49.4 Å². The van der Waals surface area contributed by atoms with E-state index >= 15 is 0 Å². The molecule has 0 saturated carbocycles. The molecule has 0 spiro atoms. The summed E-state index contributed by atoms with van der Waals surface area (Å²) in [7, 11) is 0. The molecule has 0 aromatic heterocycles. The van der Waals surface area contributed by atoms with E-state index in [4.69, 9.17) is 18.9 Å². The third-order valence-corrected chi connectivity index (χ3v) is 11.2. The van der Waals surface area contributed by atoms with Crippen molar-refractivity contribution in [3.63, 3.8) is 0 Å². The van der Waals surface area contributed by atoms with E-state index in [0.29, 0.717) is 6.42 Å². The zero-order chi connectivity index (χ0) is 40.9. The van der Waals surface area contributed by atoms with Crippen LogP contribution in [0.5, 0.6) is 0 Å². The SMILES string of the molecule is CCCCCCCCCCCCCCCCCCC(=O)OC(COC(=O)CCCCCCCCCCCCCCCCC)COC1OC(CO)C(O)C(O)C1O. The van der Waals surface area contributed by atoms with Crippen LogP contribution in [0, 0.1) is 0 Å². The Morgan fingerprint density at radius 3 is 1.21 bits per heavy atom. The summed E-state index contributed by atoms with van der Waals surface area (Å²) in [5.74, 6) is -0.789. The van der Waals surface area contributed by atoms with Crippen LogP contribution in [0.2, 0.25) is 0 Å². The maximum Gasteiger partial charge on any atom is 0.306 e. The van der Waals surface area contributed by atoms with Crippen molar-refractivity contribution in [3.05, 3.63) is 0 Å². The second kappa shape index (κ2) is 37.9. The summed E-state index contributed by atoms with van der Waals surface area (Å²) in [6.45, 7) is 3.46. The number of carbonyl (C=O) groups excluding carboxylic acids is 2. The summed E-state index contributed by atoms with van der Waals surface area (Å²) in [4.78, 5) is 25.3. The van der Waals surface area contributed by atoms with Crippen LogP contribution in [0.3, 0.4) is 0 Å². The first kappa shape index (κ1) is 52.7. The van der Waals surface area contributed by atoms with Gasteiger partial charge in [-0.05, 0) is 12.8 Å². The first-order valence-electron chi connectivity index (χ1n) is 23.6. The molecule has 1 aliphatic rings. The minimum absolute atomic E-state index is 0.209. The number of hydrogen-bond donors (Lipinski definition) is 4. The van der Waals surface area contributed by atoms with Gasteiger partial charge in [-0.3, -0.25) is 9.59 Å². The molecule has 0 bridgehead atoms. The molecule has 1 saturated heterocycles. The minimum atomic E-state index is -1.59. The van der Waals surface area contributed by atoms with Gasteiger partial charge in [-0.2, -0.15) is 0 Å². The smallest absolute Gasteiger partial charge is 0.306 e. The predicted octanol–water partition coefficient (Wildman–Crippen LogP) is 10.2. The van der Waals surface area contributed by atoms with Crippen LogP contribution in [0.25, 0.3) is 0 Å². The van der Waals surface area contributed by atoms with Crippen LogP contribution < -0.4 is 0 Å². The van der Waals surface area contributed by atoms with E-state index in [1.165, 1.54) is 154 Å². The molecule has 56 heavy (non-hydrogen) atoms. The highest BCUT2D eigenvalue weighted by atomic mass is 16.7. The second-order valence-corrected chi connectivity index (χ2v) is 16.6. The third-order valence-electron chi connectivity index (χ3n) is 11.2. The highest BCUT2D eigenvalue weighted by Crippen LogP contribution is 2.23. The molecule has 332 valence electrons. The maximum absolute atomic E-state index is 12.8. The van der Waals surface area contributed by atoms with E-state index in [1.54, 1.807) is 0 Å². The fourth-order valence-electron chi connectivity index (χ4n) is 7.48. The lowest BCUT2D eigenvalue weighted by atomic mass is 9.99. The Bertz CT molecular complexity index is 886. The fourth-order valence-corrected chi connectivity index (χ4v) is 7.48. The zero-order valence-corrected chi connectivity index (χ0v) is 36.2. The number of esters is 2. The molecule has 0 aliphatic carbocycles. The van der Waals surface area contributed by atoms with Crippen LogP contribution in [-0.4, -0.2) is 89.0 Å². The largest absolute Gasteiger partial charge is 0.462 e. The topological polar surface area (TPSA) is 152 Å². The number of aliphatic hydroxyl groups is 4. The third kappa shape index (κ3) is 29.0. The molecular formula is C46H88O10. The molecule has 10 nitrogen and oxygen atoms in total. The molecular weight excluding hydrogens is 712 g/mol. The molecule has 1 fully saturated rings. The lowest BCUT2D eigenvalue weighted by Gasteiger charge is -2.39. The molecule has 1 heterocycles. The lowest BCUT2D eigenvalue weighted by Crippen LogP contribution is -2.59. The lowest BCUT2D eigenvalue weighted by molar-refractivity contribution is -0.305. The van der Waals surface area contributed by atoms with Gasteiger partial charge >= 0.3 is 11.9 Å². The van der Waals surface area contributed by atoms with Crippen molar-refractivity contribution in [1.29, 1.82) is 0 Å². The van der Waals surface area contributed by atoms with Crippen LogP contribution in [0.1, 0.15) is 226 Å². The van der Waals surface area contributed by atoms with Gasteiger partial charge in [0.15, 0.2) is 12.4 Å². The Morgan fingerprint density at radius 1 is 0.482 bits per heavy atom. The van der Waals surface area contributed by atoms with Crippen LogP contribution in [-0.2, 0) is 28.5 Å². The number of aliphatic hydroxyl groups excluding tert-OH is 4. The molecule has 0 aromatic carbocycles. The van der Waals surface area contributed by atoms with Gasteiger partial charge in [0.25, 0.3) is 0 Å². The summed E-state index contributed by atoms with van der Waals surface area (Å²) in [5.41, 5.74) is 0. The average Bonchev–Trinajstić information content (AvgIpc) is 3.19. The Hall–Kier alpha value is -1.30. The van der Waals surface area contributed by atoms with Gasteiger partial charge in [0, 0.05) is 12.8 Å². The summed E-state index contributed by atoms with van der Waals surface area (Å²) < 4.78 is 22.2. The fraction of sp³-hybridized carbons (Fsp3) is 0.957. The number of carbonyl (C=O) groups is 2. The van der Waals surface area contributed by atoms with Crippen molar-refractivity contribution < 1.29 is 49.0 Å². The van der Waals surface area contributed by atoms with E-state index in [-0.39, 0.29) is 32.0 Å². The van der Waals surface area contributed by atoms with E-state index in [0.717, 1.165) is 38.5 Å². The molecule has 6 atom stereocenters. The van der Waals surface area contributed by atoms with E-state index in [9.17, 15) is 30.0 Å². The van der Waals surface area contributed by atoms with E-state index in [2.05, 4.69) is 13.8 Å². The Balaban J connectivity index is 2.29. The zero-order valence-electron chi connectivity index (χ0n) is 36.2. The van der Waals surface area contributed by atoms with Crippen molar-refractivity contribution in [2.75, 3.05) is 19.8 Å². The van der Waals surface area contributed by atoms with Crippen molar-refractivity contribution in [2.24, 2.45) is 0 Å². The molecule has 10 heteroatoms. The number of unbranched alkanes of at least 4 members (excludes halogenated alkanes) is 29. The second-order valence-electron chi connectivity index (χ2n) is 16.6. The van der Waals surface area contributed by atoms with Gasteiger partial charge in [-0.25, -0.2) is 0 Å². The Labute approximate surface area is 342 Å². The monoisotopic (exact) mass is 801 g/mol. The first-order chi connectivity index (χ1) is 27.3. The minimum Gasteiger partial charge on any atom is -0.462 e. The Morgan fingerprint density at radius 2 is 0.839 bits per heavy atom. The van der Waals surface area contributed by atoms with Crippen LogP contribution >= 0.6 is 0 Å². The quantitative estimate of drug-likeness (QED) is 0.0348. The van der Waals surface area contributed by atoms with Crippen LogP contribution in [0.15, 0.2) is 0 Å². The first-order valence-corrected chi connectivity index (χ1v) is 23.6. The molecule has 1 rings (SSSR count). The van der Waals surface area contributed by atoms with E-state index in [1.807, 2.05) is 0 Å². The summed E-state index contributed by atoms with van der Waals surface area (Å²) in [6.07, 6.45) is 31.0. The number of hydrogen-bond acceptors (Lipinski definition) is 10. The van der Waals surface area contributed by atoms with Gasteiger partial charge in [-0.15, -0.1) is 0 Å². The number of rotatable bonds is 40. The van der Waals surface area contributed by atoms with Crippen molar-refractivity contribution >= 4 is 11.9 Å². The average molecular weight is 801 g/mol. The molecule has 6 unspecified atom stereocenters.